The average molecular weight is 652 g/mol. The Labute approximate surface area is 249 Å². The van der Waals surface area contributed by atoms with Gasteiger partial charge in [-0.15, -0.1) is 0 Å². The van der Waals surface area contributed by atoms with Crippen LogP contribution in [-0.4, -0.2) is 40.0 Å². The fraction of sp³-hybridized carbons (Fsp3) is 0.393. The first-order valence-electron chi connectivity index (χ1n) is 13.3. The number of nitrogens with two attached hydrogens (primary N) is 2. The van der Waals surface area contributed by atoms with Crippen molar-refractivity contribution in [2.45, 2.75) is 55.8 Å². The molecular weight excluding hydrogens is 625 g/mol. The highest BCUT2D eigenvalue weighted by Crippen LogP contribution is 2.52. The van der Waals surface area contributed by atoms with Crippen molar-refractivity contribution in [1.82, 2.24) is 9.97 Å². The van der Waals surface area contributed by atoms with E-state index in [4.69, 9.17) is 16.2 Å². The summed E-state index contributed by atoms with van der Waals surface area (Å²) in [6, 6.07) is 2.84. The number of nitrogens with zero attached hydrogens (tertiary/aromatic N) is 3. The zero-order chi connectivity index (χ0) is 33.5. The van der Waals surface area contributed by atoms with Gasteiger partial charge in [0.2, 0.25) is 0 Å². The second-order valence-corrected chi connectivity index (χ2v) is 10.4. The molecule has 0 saturated carbocycles. The molecule has 1 unspecified atom stereocenters. The van der Waals surface area contributed by atoms with E-state index in [-0.39, 0.29) is 48.5 Å². The molecule has 1 aromatic heterocycles. The van der Waals surface area contributed by atoms with Crippen LogP contribution >= 0.6 is 0 Å². The summed E-state index contributed by atoms with van der Waals surface area (Å²) >= 11 is 0. The van der Waals surface area contributed by atoms with Crippen molar-refractivity contribution in [1.29, 1.82) is 0 Å². The van der Waals surface area contributed by atoms with Crippen LogP contribution in [0.3, 0.4) is 0 Å². The number of rotatable bonds is 7. The molecular formula is C28H26F9N5O3. The summed E-state index contributed by atoms with van der Waals surface area (Å²) in [5.74, 6) is -3.45. The highest BCUT2D eigenvalue weighted by molar-refractivity contribution is 5.90. The smallest absolute Gasteiger partial charge is 0.416 e. The molecule has 4 rings (SSSR count). The van der Waals surface area contributed by atoms with Gasteiger partial charge in [-0.1, -0.05) is 6.92 Å². The summed E-state index contributed by atoms with van der Waals surface area (Å²) in [5.41, 5.74) is 4.15. The number of hydrogen-bond donors (Lipinski definition) is 3. The fourth-order valence-corrected chi connectivity index (χ4v) is 5.40. The predicted molar refractivity (Wildman–Crippen MR) is 141 cm³/mol. The normalized spacial score (nSPS) is 19.6. The topological polar surface area (TPSA) is 128 Å². The lowest BCUT2D eigenvalue weighted by molar-refractivity contribution is -0.143. The molecule has 0 saturated heterocycles. The Bertz CT molecular complexity index is 1510. The van der Waals surface area contributed by atoms with Crippen molar-refractivity contribution < 1.29 is 54.2 Å². The van der Waals surface area contributed by atoms with Crippen LogP contribution in [0.15, 0.2) is 48.8 Å². The first-order valence-corrected chi connectivity index (χ1v) is 13.3. The quantitative estimate of drug-likeness (QED) is 0.242. The van der Waals surface area contributed by atoms with Crippen LogP contribution in [0.4, 0.5) is 50.0 Å². The van der Waals surface area contributed by atoms with E-state index in [1.54, 1.807) is 0 Å². The molecule has 5 N–H and O–H groups in total. The third kappa shape index (κ3) is 6.93. The number of carbonyl (C=O) groups is 1. The molecule has 0 radical (unpaired) electrons. The largest absolute Gasteiger partial charge is 0.489 e. The van der Waals surface area contributed by atoms with Crippen molar-refractivity contribution in [3.05, 3.63) is 82.4 Å². The molecule has 244 valence electrons. The molecule has 1 amide bonds. The zero-order valence-electron chi connectivity index (χ0n) is 23.3. The third-order valence-corrected chi connectivity index (χ3v) is 7.50. The minimum Gasteiger partial charge on any atom is -0.489 e. The van der Waals surface area contributed by atoms with Gasteiger partial charge in [0.15, 0.2) is 5.75 Å². The molecule has 3 atom stereocenters. The van der Waals surface area contributed by atoms with Gasteiger partial charge in [-0.3, -0.25) is 4.90 Å². The Morgan fingerprint density at radius 2 is 1.53 bits per heavy atom. The Kier molecular flexibility index (Phi) is 9.00. The van der Waals surface area contributed by atoms with E-state index >= 15 is 0 Å². The third-order valence-electron chi connectivity index (χ3n) is 7.50. The SMILES string of the molecule is CC[C@]1(N)C[C@@H](C(c2cc(C(F)(F)F)cc(C(F)(F)F)c2)c2ncc(OCCN)cn2)c2cc(C(F)(F)F)ccc2N1C(=O)O. The van der Waals surface area contributed by atoms with Crippen molar-refractivity contribution >= 4 is 11.8 Å². The lowest BCUT2D eigenvalue weighted by atomic mass is 9.71. The number of ether oxygens (including phenoxy) is 1. The van der Waals surface area contributed by atoms with Crippen LogP contribution in [0.5, 0.6) is 5.75 Å². The number of benzene rings is 2. The van der Waals surface area contributed by atoms with Gasteiger partial charge in [-0.25, -0.2) is 14.8 Å². The van der Waals surface area contributed by atoms with Crippen LogP contribution in [0, 0.1) is 0 Å². The van der Waals surface area contributed by atoms with Crippen LogP contribution in [0.2, 0.25) is 0 Å². The number of anilines is 1. The van der Waals surface area contributed by atoms with Gasteiger partial charge in [0.05, 0.1) is 46.4 Å². The number of alkyl halides is 9. The van der Waals surface area contributed by atoms with E-state index in [2.05, 4.69) is 9.97 Å². The first kappa shape index (κ1) is 33.8. The molecule has 2 aromatic carbocycles. The summed E-state index contributed by atoms with van der Waals surface area (Å²) in [4.78, 5) is 21.2. The molecule has 1 aliphatic rings. The van der Waals surface area contributed by atoms with E-state index in [1.807, 2.05) is 0 Å². The van der Waals surface area contributed by atoms with Gasteiger partial charge in [0.1, 0.15) is 12.4 Å². The molecule has 1 aliphatic heterocycles. The molecule has 2 heterocycles. The van der Waals surface area contributed by atoms with E-state index in [1.165, 1.54) is 6.92 Å². The van der Waals surface area contributed by atoms with Crippen LogP contribution in [-0.2, 0) is 18.5 Å². The van der Waals surface area contributed by atoms with Gasteiger partial charge in [-0.05, 0) is 60.4 Å². The summed E-state index contributed by atoms with van der Waals surface area (Å²) in [6.07, 6.45) is -15.6. The van der Waals surface area contributed by atoms with Crippen molar-refractivity contribution in [2.75, 3.05) is 18.1 Å². The maximum atomic E-state index is 13.9. The summed E-state index contributed by atoms with van der Waals surface area (Å²) in [6.45, 7) is 1.58. The highest BCUT2D eigenvalue weighted by atomic mass is 19.4. The Morgan fingerprint density at radius 1 is 0.978 bits per heavy atom. The van der Waals surface area contributed by atoms with E-state index < -0.39 is 70.8 Å². The van der Waals surface area contributed by atoms with Crippen molar-refractivity contribution in [2.24, 2.45) is 11.5 Å². The van der Waals surface area contributed by atoms with Gasteiger partial charge < -0.3 is 21.3 Å². The number of hydrogen-bond acceptors (Lipinski definition) is 6. The summed E-state index contributed by atoms with van der Waals surface area (Å²) in [7, 11) is 0. The number of halogens is 9. The van der Waals surface area contributed by atoms with Gasteiger partial charge >= 0.3 is 24.6 Å². The second-order valence-electron chi connectivity index (χ2n) is 10.4. The molecule has 8 nitrogen and oxygen atoms in total. The van der Waals surface area contributed by atoms with Crippen LogP contribution in [0.25, 0.3) is 0 Å². The molecule has 0 fully saturated rings. The number of amides is 1. The lowest BCUT2D eigenvalue weighted by Crippen LogP contribution is -2.61. The van der Waals surface area contributed by atoms with Crippen LogP contribution < -0.4 is 21.1 Å². The maximum absolute atomic E-state index is 13.9. The standard InChI is InChI=1S/C28H26F9N5O3/c1-2-25(39)11-20(19-10-15(26(29,30)31)3-4-21(19)42(25)24(43)44)22(23-40-12-18(13-41-23)45-6-5-38)14-7-16(27(32,33)34)9-17(8-14)28(35,36)37/h3-4,7-10,12-13,20,22H,2,5-6,11,38-39H2,1H3,(H,43,44)/t20-,22?,25-/m1/s1. The molecule has 45 heavy (non-hydrogen) atoms. The van der Waals surface area contributed by atoms with Gasteiger partial charge in [0, 0.05) is 12.5 Å². The van der Waals surface area contributed by atoms with Crippen LogP contribution in [0.1, 0.15) is 65.2 Å². The number of aromatic nitrogens is 2. The first-order chi connectivity index (χ1) is 20.8. The minimum atomic E-state index is -5.25. The Hall–Kier alpha value is -4.12. The Morgan fingerprint density at radius 3 is 2.00 bits per heavy atom. The molecule has 0 bridgehead atoms. The van der Waals surface area contributed by atoms with Gasteiger partial charge in [0.25, 0.3) is 0 Å². The predicted octanol–water partition coefficient (Wildman–Crippen LogP) is 6.74. The molecule has 17 heteroatoms. The van der Waals surface area contributed by atoms with E-state index in [9.17, 15) is 49.4 Å². The lowest BCUT2D eigenvalue weighted by Gasteiger charge is -2.48. The summed E-state index contributed by atoms with van der Waals surface area (Å²) in [5, 5.41) is 10.0. The second kappa shape index (κ2) is 12.0. The number of carboxylic acid groups (broad SMARTS) is 1. The fourth-order valence-electron chi connectivity index (χ4n) is 5.40. The average Bonchev–Trinajstić information content (AvgIpc) is 2.95. The zero-order valence-corrected chi connectivity index (χ0v) is 23.3. The molecule has 3 aromatic rings. The van der Waals surface area contributed by atoms with E-state index in [0.29, 0.717) is 29.2 Å². The number of fused-ring (bicyclic) bond motifs is 1. The minimum absolute atomic E-state index is 0.0160. The molecule has 0 spiro atoms. The highest BCUT2D eigenvalue weighted by Gasteiger charge is 2.49. The maximum Gasteiger partial charge on any atom is 0.416 e. The van der Waals surface area contributed by atoms with Gasteiger partial charge in [-0.2, -0.15) is 39.5 Å². The Balaban J connectivity index is 2.08. The summed E-state index contributed by atoms with van der Waals surface area (Å²) < 4.78 is 130. The molecule has 0 aliphatic carbocycles. The van der Waals surface area contributed by atoms with E-state index in [0.717, 1.165) is 18.5 Å². The van der Waals surface area contributed by atoms with Crippen molar-refractivity contribution in [3.63, 3.8) is 0 Å². The monoisotopic (exact) mass is 651 g/mol. The van der Waals surface area contributed by atoms with Crippen molar-refractivity contribution in [3.8, 4) is 5.75 Å².